The number of ether oxygens (including phenoxy) is 1. The zero-order valence-electron chi connectivity index (χ0n) is 7.42. The smallest absolute Gasteiger partial charge is 0.133 e. The van der Waals surface area contributed by atoms with E-state index < -0.39 is 0 Å². The third kappa shape index (κ3) is 2.56. The van der Waals surface area contributed by atoms with Crippen LogP contribution in [0.3, 0.4) is 0 Å². The van der Waals surface area contributed by atoms with Gasteiger partial charge in [0.2, 0.25) is 0 Å². The Morgan fingerprint density at radius 3 is 2.92 bits per heavy atom. The molecule has 0 bridgehead atoms. The van der Waals surface area contributed by atoms with E-state index in [0.717, 1.165) is 28.5 Å². The van der Waals surface area contributed by atoms with Crippen LogP contribution < -0.4 is 4.74 Å². The first kappa shape index (κ1) is 10.3. The van der Waals surface area contributed by atoms with Gasteiger partial charge >= 0.3 is 0 Å². The molecule has 0 saturated heterocycles. The minimum absolute atomic E-state index is 0.547. The second-order valence-corrected chi connectivity index (χ2v) is 3.43. The molecule has 0 N–H and O–H groups in total. The van der Waals surface area contributed by atoms with Gasteiger partial charge < -0.3 is 9.53 Å². The van der Waals surface area contributed by atoms with Gasteiger partial charge in [-0.15, -0.1) is 0 Å². The first-order chi connectivity index (χ1) is 6.29. The fourth-order valence-corrected chi connectivity index (χ4v) is 1.75. The second-order valence-electron chi connectivity index (χ2n) is 2.64. The van der Waals surface area contributed by atoms with E-state index in [9.17, 15) is 4.79 Å². The van der Waals surface area contributed by atoms with E-state index in [1.807, 2.05) is 18.2 Å². The lowest BCUT2D eigenvalue weighted by Crippen LogP contribution is -1.91. The Hall–Kier alpha value is -0.830. The summed E-state index contributed by atoms with van der Waals surface area (Å²) in [5.41, 5.74) is 1.10. The van der Waals surface area contributed by atoms with E-state index in [2.05, 4.69) is 15.9 Å². The third-order valence-electron chi connectivity index (χ3n) is 1.79. The zero-order valence-corrected chi connectivity index (χ0v) is 9.00. The van der Waals surface area contributed by atoms with E-state index in [1.54, 1.807) is 7.11 Å². The lowest BCUT2D eigenvalue weighted by atomic mass is 10.1. The average molecular weight is 243 g/mol. The summed E-state index contributed by atoms with van der Waals surface area (Å²) in [4.78, 5) is 10.2. The fraction of sp³-hybridized carbons (Fsp3) is 0.300. The van der Waals surface area contributed by atoms with Crippen LogP contribution in [0.2, 0.25) is 0 Å². The topological polar surface area (TPSA) is 26.3 Å². The monoisotopic (exact) mass is 242 g/mol. The molecule has 3 heteroatoms. The Kier molecular flexibility index (Phi) is 3.96. The maximum atomic E-state index is 10.2. The predicted octanol–water partition coefficient (Wildman–Crippen LogP) is 2.59. The summed E-state index contributed by atoms with van der Waals surface area (Å²) in [6.07, 6.45) is 2.22. The standard InChI is InChI=1S/C10H11BrO2/c1-13-9-6-2-4-8(10(9)11)5-3-7-12/h2,4,6-7H,3,5H2,1H3. The second kappa shape index (κ2) is 5.02. The van der Waals surface area contributed by atoms with Crippen molar-refractivity contribution in [3.63, 3.8) is 0 Å². The quantitative estimate of drug-likeness (QED) is 0.759. The lowest BCUT2D eigenvalue weighted by molar-refractivity contribution is -0.107. The van der Waals surface area contributed by atoms with E-state index in [4.69, 9.17) is 4.74 Å². The van der Waals surface area contributed by atoms with Crippen molar-refractivity contribution in [1.82, 2.24) is 0 Å². The number of hydrogen-bond acceptors (Lipinski definition) is 2. The molecule has 0 heterocycles. The van der Waals surface area contributed by atoms with Crippen molar-refractivity contribution < 1.29 is 9.53 Å². The number of aryl methyl sites for hydroxylation is 1. The van der Waals surface area contributed by atoms with Gasteiger partial charge in [-0.25, -0.2) is 0 Å². The Morgan fingerprint density at radius 2 is 2.31 bits per heavy atom. The summed E-state index contributed by atoms with van der Waals surface area (Å²) < 4.78 is 6.07. The van der Waals surface area contributed by atoms with Gasteiger partial charge in [0.15, 0.2) is 0 Å². The molecule has 0 aliphatic rings. The normalized spacial score (nSPS) is 9.69. The van der Waals surface area contributed by atoms with Gasteiger partial charge in [0.1, 0.15) is 12.0 Å². The number of methoxy groups -OCH3 is 1. The van der Waals surface area contributed by atoms with Gasteiger partial charge in [-0.05, 0) is 34.0 Å². The zero-order chi connectivity index (χ0) is 9.68. The highest BCUT2D eigenvalue weighted by atomic mass is 79.9. The van der Waals surface area contributed by atoms with Crippen LogP contribution in [0.4, 0.5) is 0 Å². The van der Waals surface area contributed by atoms with Crippen LogP contribution in [0, 0.1) is 0 Å². The SMILES string of the molecule is COc1cccc(CCC=O)c1Br. The fourth-order valence-electron chi connectivity index (χ4n) is 1.12. The molecule has 1 aromatic carbocycles. The van der Waals surface area contributed by atoms with Gasteiger partial charge in [0, 0.05) is 6.42 Å². The lowest BCUT2D eigenvalue weighted by Gasteiger charge is -2.06. The highest BCUT2D eigenvalue weighted by molar-refractivity contribution is 9.10. The van der Waals surface area contributed by atoms with Crippen LogP contribution >= 0.6 is 15.9 Å². The predicted molar refractivity (Wildman–Crippen MR) is 55.1 cm³/mol. The summed E-state index contributed by atoms with van der Waals surface area (Å²) in [6.45, 7) is 0. The minimum Gasteiger partial charge on any atom is -0.496 e. The highest BCUT2D eigenvalue weighted by Gasteiger charge is 2.04. The molecule has 1 aromatic rings. The minimum atomic E-state index is 0.547. The van der Waals surface area contributed by atoms with Crippen molar-refractivity contribution in [1.29, 1.82) is 0 Å². The van der Waals surface area contributed by atoms with Gasteiger partial charge in [-0.1, -0.05) is 12.1 Å². The highest BCUT2D eigenvalue weighted by Crippen LogP contribution is 2.28. The van der Waals surface area contributed by atoms with Gasteiger partial charge in [0.05, 0.1) is 11.6 Å². The van der Waals surface area contributed by atoms with Crippen molar-refractivity contribution in [3.8, 4) is 5.75 Å². The number of rotatable bonds is 4. The van der Waals surface area contributed by atoms with Crippen LogP contribution in [0.5, 0.6) is 5.75 Å². The van der Waals surface area contributed by atoms with E-state index in [1.165, 1.54) is 0 Å². The molecule has 0 aliphatic carbocycles. The van der Waals surface area contributed by atoms with Gasteiger partial charge in [-0.3, -0.25) is 0 Å². The molecule has 2 nitrogen and oxygen atoms in total. The van der Waals surface area contributed by atoms with E-state index in [0.29, 0.717) is 6.42 Å². The average Bonchev–Trinajstić information content (AvgIpc) is 2.16. The summed E-state index contributed by atoms with van der Waals surface area (Å²) in [7, 11) is 1.63. The first-order valence-electron chi connectivity index (χ1n) is 4.04. The van der Waals surface area contributed by atoms with Crippen molar-refractivity contribution >= 4 is 22.2 Å². The molecule has 0 spiro atoms. The Bertz CT molecular complexity index is 297. The molecular formula is C10H11BrO2. The molecule has 0 saturated carbocycles. The van der Waals surface area contributed by atoms with Crippen molar-refractivity contribution in [3.05, 3.63) is 28.2 Å². The largest absolute Gasteiger partial charge is 0.496 e. The Balaban J connectivity index is 2.87. The van der Waals surface area contributed by atoms with Crippen molar-refractivity contribution in [2.24, 2.45) is 0 Å². The molecule has 0 fully saturated rings. The first-order valence-corrected chi connectivity index (χ1v) is 4.84. The van der Waals surface area contributed by atoms with Crippen molar-refractivity contribution in [2.45, 2.75) is 12.8 Å². The number of carbonyl (C=O) groups excluding carboxylic acids is 1. The molecule has 0 radical (unpaired) electrons. The summed E-state index contributed by atoms with van der Waals surface area (Å²) in [5, 5.41) is 0. The molecule has 0 aliphatic heterocycles. The molecular weight excluding hydrogens is 232 g/mol. The molecule has 0 unspecified atom stereocenters. The molecule has 0 aromatic heterocycles. The van der Waals surface area contributed by atoms with Crippen LogP contribution in [0.1, 0.15) is 12.0 Å². The van der Waals surface area contributed by atoms with Gasteiger partial charge in [-0.2, -0.15) is 0 Å². The maximum Gasteiger partial charge on any atom is 0.133 e. The number of halogens is 1. The molecule has 0 atom stereocenters. The Labute approximate surface area is 86.0 Å². The van der Waals surface area contributed by atoms with Crippen LogP contribution in [0.15, 0.2) is 22.7 Å². The summed E-state index contributed by atoms with van der Waals surface area (Å²) >= 11 is 3.43. The van der Waals surface area contributed by atoms with Crippen LogP contribution in [-0.4, -0.2) is 13.4 Å². The van der Waals surface area contributed by atoms with E-state index in [-0.39, 0.29) is 0 Å². The van der Waals surface area contributed by atoms with E-state index >= 15 is 0 Å². The number of hydrogen-bond donors (Lipinski definition) is 0. The summed E-state index contributed by atoms with van der Waals surface area (Å²) in [5.74, 6) is 0.809. The molecule has 0 amide bonds. The molecule has 70 valence electrons. The molecule has 13 heavy (non-hydrogen) atoms. The van der Waals surface area contributed by atoms with Crippen LogP contribution in [0.25, 0.3) is 0 Å². The Morgan fingerprint density at radius 1 is 1.54 bits per heavy atom. The third-order valence-corrected chi connectivity index (χ3v) is 2.69. The number of benzene rings is 1. The number of carbonyl (C=O) groups is 1. The molecule has 1 rings (SSSR count). The van der Waals surface area contributed by atoms with Crippen LogP contribution in [-0.2, 0) is 11.2 Å². The van der Waals surface area contributed by atoms with Crippen molar-refractivity contribution in [2.75, 3.05) is 7.11 Å². The number of aldehydes is 1. The maximum absolute atomic E-state index is 10.2. The summed E-state index contributed by atoms with van der Waals surface area (Å²) in [6, 6.07) is 5.79. The van der Waals surface area contributed by atoms with Gasteiger partial charge in [0.25, 0.3) is 0 Å².